The van der Waals surface area contributed by atoms with Crippen molar-refractivity contribution in [1.29, 1.82) is 0 Å². The lowest BCUT2D eigenvalue weighted by Gasteiger charge is -2.22. The maximum absolute atomic E-state index is 6.40. The van der Waals surface area contributed by atoms with Crippen LogP contribution in [-0.2, 0) is 5.41 Å². The molecule has 0 atom stereocenters. The Labute approximate surface area is 854 Å². The minimum absolute atomic E-state index is 0.0455. The Bertz CT molecular complexity index is 10300. The van der Waals surface area contributed by atoms with Crippen LogP contribution in [0.15, 0.2) is 496 Å². The molecule has 1 aliphatic carbocycles. The van der Waals surface area contributed by atoms with Gasteiger partial charge in [-0.05, 0) is 188 Å². The van der Waals surface area contributed by atoms with E-state index in [1.54, 1.807) is 0 Å². The highest BCUT2D eigenvalue weighted by Crippen LogP contribution is 2.52. The van der Waals surface area contributed by atoms with Gasteiger partial charge in [0.1, 0.15) is 11.2 Å². The van der Waals surface area contributed by atoms with Gasteiger partial charge in [-0.15, -0.1) is 22.7 Å². The standard InChI is InChI=1S/C49H33N3S.C46H29N3S.C40H25N3O/c1-49(2)41-18-6-3-13-35(41)36-23-21-31(29-42(36)49)30-11-9-12-33(27-30)43-25-26-50-48(51-43)52-44-19-7-4-14-37(44)40-28-32(22-24-45(40)52)34-16-10-17-39-38-15-5-8-20-46(38)53-47(34)39;1-2-10-30(11-3-1)31-20-22-32(23-21-31)41-26-27-47-46(48-41)34-12-8-13-35(28-34)49-42-18-6-4-14-37(42)40-29-33(24-25-43(40)49)36-16-9-17-39-38-15-5-7-19-44(38)50-45(36)39;1-3-12-26(13-4-1)34-25-35(27-14-5-2-6-15-27)42-40(41-34)43-36-20-9-7-16-30(36)33-24-28(22-23-37(33)43)29-18-11-19-32-31-17-8-10-21-38(31)44-39(29)32/h3-29H,1-2H3;1-29H;1-25H. The monoisotopic (exact) mass is 1910 g/mol. The predicted molar refractivity (Wildman–Crippen MR) is 614 cm³/mol. The van der Waals surface area contributed by atoms with Gasteiger partial charge in [0.15, 0.2) is 5.82 Å². The van der Waals surface area contributed by atoms with Gasteiger partial charge in [0.2, 0.25) is 11.9 Å². The molecule has 0 saturated heterocycles. The lowest BCUT2D eigenvalue weighted by atomic mass is 9.81. The summed E-state index contributed by atoms with van der Waals surface area (Å²) >= 11 is 3.75. The number of fused-ring (bicyclic) bond motifs is 21. The molecular formula is C135H87N9OS2. The minimum Gasteiger partial charge on any atom is -0.455 e. The number of aromatic nitrogens is 9. The fraction of sp³-hybridized carbons (Fsp3) is 0.0222. The molecule has 0 N–H and O–H groups in total. The first-order valence-corrected chi connectivity index (χ1v) is 51.4. The Hall–Kier alpha value is -18.7. The summed E-state index contributed by atoms with van der Waals surface area (Å²) in [5.41, 5.74) is 35.6. The number of para-hydroxylation sites is 5. The summed E-state index contributed by atoms with van der Waals surface area (Å²) in [6.45, 7) is 4.67. The Morgan fingerprint density at radius 3 is 1.23 bits per heavy atom. The number of hydrogen-bond acceptors (Lipinski definition) is 9. The first-order chi connectivity index (χ1) is 72.6. The fourth-order valence-corrected chi connectivity index (χ4v) is 24.8. The highest BCUT2D eigenvalue weighted by atomic mass is 32.1. The quantitative estimate of drug-likeness (QED) is 0.113. The zero-order valence-electron chi connectivity index (χ0n) is 80.0. The van der Waals surface area contributed by atoms with Gasteiger partial charge in [0.05, 0.1) is 55.9 Å². The van der Waals surface area contributed by atoms with Crippen molar-refractivity contribution < 1.29 is 4.42 Å². The highest BCUT2D eigenvalue weighted by molar-refractivity contribution is 7.26. The van der Waals surface area contributed by atoms with Crippen LogP contribution in [0.3, 0.4) is 0 Å². The Morgan fingerprint density at radius 1 is 0.218 bits per heavy atom. The molecule has 9 heterocycles. The van der Waals surface area contributed by atoms with Crippen LogP contribution in [0.25, 0.3) is 268 Å². The molecule has 30 rings (SSSR count). The normalized spacial score (nSPS) is 12.2. The van der Waals surface area contributed by atoms with Crippen molar-refractivity contribution in [1.82, 2.24) is 43.6 Å². The summed E-state index contributed by atoms with van der Waals surface area (Å²) in [6, 6.07) is 170. The summed E-state index contributed by atoms with van der Waals surface area (Å²) < 4.78 is 18.5. The number of nitrogens with zero attached hydrogens (tertiary/aromatic N) is 9. The molecule has 0 radical (unpaired) electrons. The van der Waals surface area contributed by atoms with E-state index in [4.69, 9.17) is 34.3 Å². The first kappa shape index (κ1) is 86.2. The van der Waals surface area contributed by atoms with Gasteiger partial charge in [-0.3, -0.25) is 9.13 Å². The predicted octanol–water partition coefficient (Wildman–Crippen LogP) is 36.3. The third-order valence-electron chi connectivity index (χ3n) is 29.4. The molecule has 0 bridgehead atoms. The van der Waals surface area contributed by atoms with Crippen LogP contribution in [0.5, 0.6) is 0 Å². The average molecular weight is 1920 g/mol. The zero-order valence-corrected chi connectivity index (χ0v) is 81.6. The van der Waals surface area contributed by atoms with Crippen molar-refractivity contribution in [2.75, 3.05) is 0 Å². The molecule has 690 valence electrons. The summed E-state index contributed by atoms with van der Waals surface area (Å²) in [5.74, 6) is 2.01. The summed E-state index contributed by atoms with van der Waals surface area (Å²) in [7, 11) is 0. The molecule has 0 spiro atoms. The molecule has 0 aliphatic heterocycles. The Morgan fingerprint density at radius 2 is 0.612 bits per heavy atom. The second-order valence-corrected chi connectivity index (χ2v) is 40.4. The number of furan rings is 1. The van der Waals surface area contributed by atoms with Gasteiger partial charge in [-0.25, -0.2) is 29.9 Å². The molecule has 20 aromatic carbocycles. The van der Waals surface area contributed by atoms with Crippen LogP contribution < -0.4 is 0 Å². The topological polar surface area (TPSA) is 105 Å². The molecule has 0 amide bonds. The van der Waals surface area contributed by atoms with Crippen molar-refractivity contribution in [3.63, 3.8) is 0 Å². The molecule has 12 heteroatoms. The Kier molecular flexibility index (Phi) is 20.8. The number of hydrogen-bond donors (Lipinski definition) is 0. The van der Waals surface area contributed by atoms with Crippen LogP contribution in [0.1, 0.15) is 25.0 Å². The third-order valence-corrected chi connectivity index (χ3v) is 31.9. The van der Waals surface area contributed by atoms with Crippen molar-refractivity contribution in [3.8, 4) is 141 Å². The van der Waals surface area contributed by atoms with Gasteiger partial charge in [0, 0.05) is 140 Å². The van der Waals surface area contributed by atoms with Gasteiger partial charge in [-0.2, -0.15) is 0 Å². The number of benzene rings is 20. The lowest BCUT2D eigenvalue weighted by Crippen LogP contribution is -2.14. The molecule has 1 aliphatic rings. The van der Waals surface area contributed by atoms with Crippen LogP contribution >= 0.6 is 22.7 Å². The SMILES string of the molecule is CC1(C)c2ccccc2-c2ccc(-c3cccc(-c4ccnc(-n5c6ccccc6c6cc(-c7cccc8c7sc7ccccc78)ccc65)n4)c3)cc21.c1ccc(-c2cc(-c3ccccc3)nc(-n3c4ccccc4c4cc(-c5cccc6c5oc5ccccc56)ccc43)n2)cc1.c1ccc(-c2ccc(-c3ccnc(-c4cccc(-n5c6ccccc6c6cc(-c7cccc8c7sc7ccccc78)ccc65)c4)n3)cc2)cc1. The maximum atomic E-state index is 6.40. The van der Waals surface area contributed by atoms with Crippen LogP contribution in [0.2, 0.25) is 0 Å². The molecule has 10 nitrogen and oxygen atoms in total. The molecule has 0 fully saturated rings. The maximum Gasteiger partial charge on any atom is 0.235 e. The molecular weight excluding hydrogens is 1830 g/mol. The van der Waals surface area contributed by atoms with E-state index < -0.39 is 0 Å². The largest absolute Gasteiger partial charge is 0.455 e. The third kappa shape index (κ3) is 14.9. The summed E-state index contributed by atoms with van der Waals surface area (Å²) in [4.78, 5) is 30.1. The number of thiophene rings is 2. The number of rotatable bonds is 13. The van der Waals surface area contributed by atoms with Crippen LogP contribution in [-0.4, -0.2) is 43.6 Å². The average Bonchev–Trinajstić information content (AvgIpc) is 1.59. The van der Waals surface area contributed by atoms with E-state index in [1.165, 1.54) is 140 Å². The smallest absolute Gasteiger partial charge is 0.235 e. The molecule has 29 aromatic rings. The zero-order chi connectivity index (χ0) is 97.3. The van der Waals surface area contributed by atoms with Crippen LogP contribution in [0, 0.1) is 0 Å². The van der Waals surface area contributed by atoms with E-state index in [9.17, 15) is 0 Å². The second-order valence-electron chi connectivity index (χ2n) is 38.3. The van der Waals surface area contributed by atoms with E-state index in [0.717, 1.165) is 122 Å². The van der Waals surface area contributed by atoms with Crippen molar-refractivity contribution >= 4 is 150 Å². The minimum atomic E-state index is -0.0455. The fourth-order valence-electron chi connectivity index (χ4n) is 22.4. The summed E-state index contributed by atoms with van der Waals surface area (Å²) in [6.07, 6.45) is 3.74. The molecule has 9 aromatic heterocycles. The van der Waals surface area contributed by atoms with Gasteiger partial charge in [0.25, 0.3) is 0 Å². The van der Waals surface area contributed by atoms with Crippen molar-refractivity contribution in [2.24, 2.45) is 0 Å². The van der Waals surface area contributed by atoms with E-state index in [0.29, 0.717) is 17.7 Å². The first-order valence-electron chi connectivity index (χ1n) is 49.7. The molecule has 147 heavy (non-hydrogen) atoms. The van der Waals surface area contributed by atoms with Crippen molar-refractivity contribution in [3.05, 3.63) is 503 Å². The molecule has 0 saturated carbocycles. The Balaban J connectivity index is 0.000000107. The second kappa shape index (κ2) is 35.5. The van der Waals surface area contributed by atoms with Gasteiger partial charge in [-0.1, -0.05) is 378 Å². The van der Waals surface area contributed by atoms with E-state index in [1.807, 2.05) is 102 Å². The lowest BCUT2D eigenvalue weighted by molar-refractivity contribution is 0.660. The van der Waals surface area contributed by atoms with Gasteiger partial charge < -0.3 is 8.98 Å². The van der Waals surface area contributed by atoms with E-state index in [-0.39, 0.29) is 5.41 Å². The molecule has 0 unspecified atom stereocenters. The summed E-state index contributed by atoms with van der Waals surface area (Å²) in [5, 5.41) is 14.7. The van der Waals surface area contributed by atoms with Crippen LogP contribution in [0.4, 0.5) is 0 Å². The van der Waals surface area contributed by atoms with E-state index in [2.05, 4.69) is 440 Å². The van der Waals surface area contributed by atoms with Gasteiger partial charge >= 0.3 is 0 Å². The van der Waals surface area contributed by atoms with E-state index >= 15 is 0 Å². The van der Waals surface area contributed by atoms with Crippen molar-refractivity contribution in [2.45, 2.75) is 19.3 Å². The highest BCUT2D eigenvalue weighted by Gasteiger charge is 2.36.